The molecule has 1 aromatic heterocycles. The molecule has 0 aliphatic rings. The van der Waals surface area contributed by atoms with Gasteiger partial charge in [0.25, 0.3) is 0 Å². The van der Waals surface area contributed by atoms with E-state index in [2.05, 4.69) is 4.99 Å². The molecule has 5 heteroatoms. The molecule has 0 atom stereocenters. The van der Waals surface area contributed by atoms with Crippen molar-refractivity contribution in [3.8, 4) is 0 Å². The molecule has 0 unspecified atom stereocenters. The van der Waals surface area contributed by atoms with E-state index in [-0.39, 0.29) is 10.9 Å². The Balaban J connectivity index is 2.32. The maximum Gasteiger partial charge on any atom is 0.449 e. The van der Waals surface area contributed by atoms with Gasteiger partial charge in [-0.05, 0) is 24.3 Å². The van der Waals surface area contributed by atoms with Gasteiger partial charge < -0.3 is 4.42 Å². The first-order valence-electron chi connectivity index (χ1n) is 6.24. The predicted octanol–water partition coefficient (Wildman–Crippen LogP) is 4.68. The molecule has 0 fully saturated rings. The zero-order valence-electron chi connectivity index (χ0n) is 10.8. The molecule has 0 N–H and O–H groups in total. The van der Waals surface area contributed by atoms with Gasteiger partial charge >= 0.3 is 6.18 Å². The zero-order chi connectivity index (χ0) is 14.9. The smallest absolute Gasteiger partial charge is 0.449 e. The van der Waals surface area contributed by atoms with Crippen molar-refractivity contribution in [3.05, 3.63) is 71.8 Å². The van der Waals surface area contributed by atoms with Crippen LogP contribution >= 0.6 is 0 Å². The Morgan fingerprint density at radius 2 is 1.52 bits per heavy atom. The summed E-state index contributed by atoms with van der Waals surface area (Å²) in [5, 5.41) is 0.768. The first kappa shape index (κ1) is 13.4. The van der Waals surface area contributed by atoms with Crippen LogP contribution in [-0.2, 0) is 6.18 Å². The molecule has 0 radical (unpaired) electrons. The minimum Gasteiger partial charge on any atom is -0.451 e. The third kappa shape index (κ3) is 2.81. The summed E-state index contributed by atoms with van der Waals surface area (Å²) in [6.45, 7) is 0. The monoisotopic (exact) mass is 289 g/mol. The number of nitrogens with zero attached hydrogens (tertiary/aromatic N) is 1. The molecule has 1 heterocycles. The number of halogens is 3. The lowest BCUT2D eigenvalue weighted by Gasteiger charge is -2.07. The topological polar surface area (TPSA) is 25.5 Å². The van der Waals surface area contributed by atoms with Gasteiger partial charge in [0.2, 0.25) is 5.76 Å². The van der Waals surface area contributed by atoms with Crippen molar-refractivity contribution in [1.82, 2.24) is 0 Å². The maximum absolute atomic E-state index is 12.9. The number of fused-ring (bicyclic) bond motifs is 1. The van der Waals surface area contributed by atoms with Gasteiger partial charge in [-0.2, -0.15) is 13.2 Å². The Morgan fingerprint density at radius 1 is 0.857 bits per heavy atom. The van der Waals surface area contributed by atoms with E-state index in [4.69, 9.17) is 4.42 Å². The molecule has 3 rings (SSSR count). The number of rotatable bonds is 1. The minimum absolute atomic E-state index is 0.155. The number of alkyl halides is 3. The summed E-state index contributed by atoms with van der Waals surface area (Å²) in [4.78, 5) is 4.28. The average Bonchev–Trinajstić information content (AvgIpc) is 2.47. The van der Waals surface area contributed by atoms with Gasteiger partial charge in [0.05, 0.1) is 11.0 Å². The van der Waals surface area contributed by atoms with Crippen LogP contribution in [0.25, 0.3) is 11.0 Å². The molecule has 0 saturated carbocycles. The molecule has 0 amide bonds. The van der Waals surface area contributed by atoms with Crippen LogP contribution in [0.4, 0.5) is 18.9 Å². The fourth-order valence-electron chi connectivity index (χ4n) is 1.99. The summed E-state index contributed by atoms with van der Waals surface area (Å²) in [7, 11) is 0. The van der Waals surface area contributed by atoms with Crippen LogP contribution < -0.4 is 5.36 Å². The Labute approximate surface area is 118 Å². The van der Waals surface area contributed by atoms with Gasteiger partial charge in [-0.15, -0.1) is 0 Å². The van der Waals surface area contributed by atoms with Crippen LogP contribution in [0, 0.1) is 0 Å². The molecule has 0 aliphatic carbocycles. The normalized spacial score (nSPS) is 12.8. The highest BCUT2D eigenvalue weighted by atomic mass is 19.4. The van der Waals surface area contributed by atoms with Crippen molar-refractivity contribution >= 4 is 16.7 Å². The Bertz CT molecular complexity index is 835. The van der Waals surface area contributed by atoms with E-state index in [0.717, 1.165) is 6.07 Å². The zero-order valence-corrected chi connectivity index (χ0v) is 10.8. The summed E-state index contributed by atoms with van der Waals surface area (Å²) in [6, 6.07) is 16.3. The van der Waals surface area contributed by atoms with Crippen molar-refractivity contribution < 1.29 is 17.6 Å². The van der Waals surface area contributed by atoms with E-state index in [1.165, 1.54) is 6.07 Å². The fourth-order valence-corrected chi connectivity index (χ4v) is 1.99. The van der Waals surface area contributed by atoms with Crippen LogP contribution in [0.2, 0.25) is 0 Å². The number of benzene rings is 2. The minimum atomic E-state index is -4.55. The van der Waals surface area contributed by atoms with Gasteiger partial charge in [0.15, 0.2) is 0 Å². The van der Waals surface area contributed by atoms with E-state index in [0.29, 0.717) is 11.1 Å². The van der Waals surface area contributed by atoms with E-state index >= 15 is 0 Å². The number of hydrogen-bond donors (Lipinski definition) is 0. The molecule has 2 aromatic carbocycles. The Hall–Kier alpha value is -2.56. The molecular weight excluding hydrogens is 279 g/mol. The van der Waals surface area contributed by atoms with Crippen LogP contribution in [-0.4, -0.2) is 0 Å². The highest BCUT2D eigenvalue weighted by Crippen LogP contribution is 2.30. The summed E-state index contributed by atoms with van der Waals surface area (Å²) < 4.78 is 43.6. The lowest BCUT2D eigenvalue weighted by Crippen LogP contribution is -2.11. The van der Waals surface area contributed by atoms with Crippen LogP contribution in [0.15, 0.2) is 70.1 Å². The standard InChI is InChI=1S/C16H10F3NO/c17-16(18,19)15-10-13(20-11-6-2-1-3-7-11)12-8-4-5-9-14(12)21-15/h1-10H. The summed E-state index contributed by atoms with van der Waals surface area (Å²) in [6.07, 6.45) is -4.55. The predicted molar refractivity (Wildman–Crippen MR) is 72.9 cm³/mol. The second kappa shape index (κ2) is 5.09. The van der Waals surface area contributed by atoms with Crippen LogP contribution in [0.3, 0.4) is 0 Å². The maximum atomic E-state index is 12.9. The molecule has 0 aliphatic heterocycles. The first-order chi connectivity index (χ1) is 10.0. The molecular formula is C16H10F3NO. The SMILES string of the molecule is FC(F)(F)c1cc(=Nc2ccccc2)c2ccccc2o1. The third-order valence-corrected chi connectivity index (χ3v) is 2.94. The van der Waals surface area contributed by atoms with Crippen molar-refractivity contribution in [3.63, 3.8) is 0 Å². The quantitative estimate of drug-likeness (QED) is 0.638. The van der Waals surface area contributed by atoms with Crippen molar-refractivity contribution in [2.75, 3.05) is 0 Å². The third-order valence-electron chi connectivity index (χ3n) is 2.94. The van der Waals surface area contributed by atoms with Gasteiger partial charge in [-0.3, -0.25) is 0 Å². The lowest BCUT2D eigenvalue weighted by atomic mass is 10.2. The molecule has 0 spiro atoms. The highest BCUT2D eigenvalue weighted by Gasteiger charge is 2.34. The van der Waals surface area contributed by atoms with Gasteiger partial charge in [0, 0.05) is 11.5 Å². The first-order valence-corrected chi connectivity index (χ1v) is 6.24. The summed E-state index contributed by atoms with van der Waals surface area (Å²) >= 11 is 0. The van der Waals surface area contributed by atoms with E-state index in [1.807, 2.05) is 6.07 Å². The largest absolute Gasteiger partial charge is 0.451 e. The molecule has 3 aromatic rings. The van der Waals surface area contributed by atoms with Crippen LogP contribution in [0.1, 0.15) is 5.76 Å². The van der Waals surface area contributed by atoms with E-state index < -0.39 is 11.9 Å². The lowest BCUT2D eigenvalue weighted by molar-refractivity contribution is -0.152. The van der Waals surface area contributed by atoms with E-state index in [9.17, 15) is 13.2 Å². The van der Waals surface area contributed by atoms with Gasteiger partial charge in [0.1, 0.15) is 5.58 Å². The fraction of sp³-hybridized carbons (Fsp3) is 0.0625. The molecule has 21 heavy (non-hydrogen) atoms. The molecule has 0 saturated heterocycles. The van der Waals surface area contributed by atoms with E-state index in [1.54, 1.807) is 42.5 Å². The molecule has 106 valence electrons. The van der Waals surface area contributed by atoms with Gasteiger partial charge in [-0.1, -0.05) is 30.3 Å². The summed E-state index contributed by atoms with van der Waals surface area (Å²) in [5.41, 5.74) is 0.740. The molecule has 2 nitrogen and oxygen atoms in total. The number of para-hydroxylation sites is 2. The second-order valence-corrected chi connectivity index (χ2v) is 4.44. The second-order valence-electron chi connectivity index (χ2n) is 4.44. The van der Waals surface area contributed by atoms with Crippen LogP contribution in [0.5, 0.6) is 0 Å². The van der Waals surface area contributed by atoms with Crippen molar-refractivity contribution in [2.45, 2.75) is 6.18 Å². The summed E-state index contributed by atoms with van der Waals surface area (Å²) in [5.74, 6) is -1.06. The van der Waals surface area contributed by atoms with Crippen molar-refractivity contribution in [1.29, 1.82) is 0 Å². The highest BCUT2D eigenvalue weighted by molar-refractivity contribution is 5.76. The van der Waals surface area contributed by atoms with Gasteiger partial charge in [-0.25, -0.2) is 4.99 Å². The average molecular weight is 289 g/mol. The van der Waals surface area contributed by atoms with Crippen molar-refractivity contribution in [2.24, 2.45) is 4.99 Å². The molecule has 0 bridgehead atoms. The Morgan fingerprint density at radius 3 is 2.24 bits per heavy atom. The number of hydrogen-bond acceptors (Lipinski definition) is 2. The Kier molecular flexibility index (Phi) is 3.25.